The lowest BCUT2D eigenvalue weighted by molar-refractivity contribution is -0.127. The van der Waals surface area contributed by atoms with Crippen molar-refractivity contribution >= 4 is 5.91 Å². The van der Waals surface area contributed by atoms with Crippen LogP contribution in [0.25, 0.3) is 0 Å². The van der Waals surface area contributed by atoms with Crippen molar-refractivity contribution < 1.29 is 13.9 Å². The van der Waals surface area contributed by atoms with Gasteiger partial charge in [-0.15, -0.1) is 0 Å². The van der Waals surface area contributed by atoms with E-state index in [0.29, 0.717) is 12.3 Å². The SMILES string of the molecule is CCCC(C)NC(=O)C(C)Oc1cc(F)cc(CNC)c1. The fraction of sp³-hybridized carbons (Fsp3) is 0.562. The highest BCUT2D eigenvalue weighted by atomic mass is 19.1. The van der Waals surface area contributed by atoms with E-state index in [2.05, 4.69) is 17.6 Å². The van der Waals surface area contributed by atoms with E-state index in [4.69, 9.17) is 4.74 Å². The summed E-state index contributed by atoms with van der Waals surface area (Å²) in [5.41, 5.74) is 0.777. The van der Waals surface area contributed by atoms with Crippen LogP contribution in [0.1, 0.15) is 39.2 Å². The Kier molecular flexibility index (Phi) is 7.15. The van der Waals surface area contributed by atoms with E-state index >= 15 is 0 Å². The van der Waals surface area contributed by atoms with Crippen LogP contribution < -0.4 is 15.4 Å². The Morgan fingerprint density at radius 2 is 2.05 bits per heavy atom. The van der Waals surface area contributed by atoms with E-state index in [1.54, 1.807) is 20.0 Å². The molecule has 1 aromatic rings. The van der Waals surface area contributed by atoms with Gasteiger partial charge in [0.2, 0.25) is 0 Å². The van der Waals surface area contributed by atoms with Crippen molar-refractivity contribution in [3.63, 3.8) is 0 Å². The Morgan fingerprint density at radius 1 is 1.33 bits per heavy atom. The number of halogens is 1. The monoisotopic (exact) mass is 296 g/mol. The first-order chi connectivity index (χ1) is 9.96. The smallest absolute Gasteiger partial charge is 0.260 e. The second-order valence-electron chi connectivity index (χ2n) is 5.28. The van der Waals surface area contributed by atoms with Crippen LogP contribution in [-0.2, 0) is 11.3 Å². The molecule has 0 spiro atoms. The third-order valence-corrected chi connectivity index (χ3v) is 3.10. The van der Waals surface area contributed by atoms with Crippen molar-refractivity contribution in [2.75, 3.05) is 7.05 Å². The van der Waals surface area contributed by atoms with Gasteiger partial charge in [0.1, 0.15) is 11.6 Å². The van der Waals surface area contributed by atoms with Crippen LogP contribution in [0.3, 0.4) is 0 Å². The fourth-order valence-corrected chi connectivity index (χ4v) is 2.12. The topological polar surface area (TPSA) is 50.4 Å². The van der Waals surface area contributed by atoms with Gasteiger partial charge in [-0.2, -0.15) is 0 Å². The number of hydrogen-bond acceptors (Lipinski definition) is 3. The molecule has 0 fully saturated rings. The molecule has 1 rings (SSSR count). The Morgan fingerprint density at radius 3 is 2.67 bits per heavy atom. The summed E-state index contributed by atoms with van der Waals surface area (Å²) in [6.07, 6.45) is 1.27. The molecule has 2 atom stereocenters. The van der Waals surface area contributed by atoms with Gasteiger partial charge in [0.05, 0.1) is 0 Å². The molecule has 1 amide bonds. The highest BCUT2D eigenvalue weighted by Crippen LogP contribution is 2.18. The van der Waals surface area contributed by atoms with Gasteiger partial charge >= 0.3 is 0 Å². The molecule has 1 aromatic carbocycles. The molecule has 4 nitrogen and oxygen atoms in total. The van der Waals surface area contributed by atoms with Crippen LogP contribution >= 0.6 is 0 Å². The van der Waals surface area contributed by atoms with Gasteiger partial charge in [-0.25, -0.2) is 4.39 Å². The van der Waals surface area contributed by atoms with Crippen LogP contribution in [-0.4, -0.2) is 25.1 Å². The molecule has 21 heavy (non-hydrogen) atoms. The summed E-state index contributed by atoms with van der Waals surface area (Å²) in [6, 6.07) is 4.58. The Bertz CT molecular complexity index is 466. The molecule has 0 aliphatic rings. The zero-order valence-electron chi connectivity index (χ0n) is 13.2. The molecule has 2 unspecified atom stereocenters. The van der Waals surface area contributed by atoms with Crippen molar-refractivity contribution in [1.29, 1.82) is 0 Å². The molecular formula is C16H25FN2O2. The second kappa shape index (κ2) is 8.62. The Labute approximate surface area is 126 Å². The quantitative estimate of drug-likeness (QED) is 0.775. The van der Waals surface area contributed by atoms with Crippen molar-refractivity contribution in [3.8, 4) is 5.75 Å². The van der Waals surface area contributed by atoms with Gasteiger partial charge in [0, 0.05) is 18.7 Å². The standard InChI is InChI=1S/C16H25FN2O2/c1-5-6-11(2)19-16(20)12(3)21-15-8-13(10-18-4)7-14(17)9-15/h7-9,11-12,18H,5-6,10H2,1-4H3,(H,19,20). The Balaban J connectivity index is 2.65. The third-order valence-electron chi connectivity index (χ3n) is 3.10. The first-order valence-corrected chi connectivity index (χ1v) is 7.37. The lowest BCUT2D eigenvalue weighted by Gasteiger charge is -2.18. The van der Waals surface area contributed by atoms with Gasteiger partial charge < -0.3 is 15.4 Å². The largest absolute Gasteiger partial charge is 0.481 e. The highest BCUT2D eigenvalue weighted by Gasteiger charge is 2.17. The molecule has 118 valence electrons. The molecule has 0 aliphatic heterocycles. The number of nitrogens with one attached hydrogen (secondary N) is 2. The van der Waals surface area contributed by atoms with E-state index in [1.165, 1.54) is 12.1 Å². The molecule has 0 saturated heterocycles. The third kappa shape index (κ3) is 6.12. The summed E-state index contributed by atoms with van der Waals surface area (Å²) in [5, 5.41) is 5.84. The van der Waals surface area contributed by atoms with Gasteiger partial charge in [-0.05, 0) is 45.0 Å². The number of amides is 1. The molecule has 0 radical (unpaired) electrons. The van der Waals surface area contributed by atoms with Gasteiger partial charge in [0.25, 0.3) is 5.91 Å². The van der Waals surface area contributed by atoms with Crippen LogP contribution in [0, 0.1) is 5.82 Å². The van der Waals surface area contributed by atoms with Crippen molar-refractivity contribution in [2.45, 2.75) is 52.3 Å². The average molecular weight is 296 g/mol. The van der Waals surface area contributed by atoms with E-state index < -0.39 is 6.10 Å². The lowest BCUT2D eigenvalue weighted by Crippen LogP contribution is -2.41. The Hall–Kier alpha value is -1.62. The van der Waals surface area contributed by atoms with E-state index in [0.717, 1.165) is 18.4 Å². The van der Waals surface area contributed by atoms with Gasteiger partial charge in [-0.1, -0.05) is 13.3 Å². The predicted octanol–water partition coefficient (Wildman–Crippen LogP) is 2.62. The minimum Gasteiger partial charge on any atom is -0.481 e. The summed E-state index contributed by atoms with van der Waals surface area (Å²) in [6.45, 7) is 6.23. The van der Waals surface area contributed by atoms with Crippen molar-refractivity contribution in [1.82, 2.24) is 10.6 Å². The molecule has 0 aliphatic carbocycles. The van der Waals surface area contributed by atoms with Crippen LogP contribution in [0.2, 0.25) is 0 Å². The lowest BCUT2D eigenvalue weighted by atomic mass is 10.2. The zero-order chi connectivity index (χ0) is 15.8. The van der Waals surface area contributed by atoms with Gasteiger partial charge in [0.15, 0.2) is 6.10 Å². The minimum absolute atomic E-state index is 0.112. The summed E-state index contributed by atoms with van der Waals surface area (Å²) in [7, 11) is 1.79. The number of carbonyl (C=O) groups excluding carboxylic acids is 1. The fourth-order valence-electron chi connectivity index (χ4n) is 2.12. The maximum Gasteiger partial charge on any atom is 0.260 e. The molecule has 5 heteroatoms. The first kappa shape index (κ1) is 17.4. The van der Waals surface area contributed by atoms with Gasteiger partial charge in [-0.3, -0.25) is 4.79 Å². The molecule has 0 saturated carbocycles. The molecule has 0 bridgehead atoms. The first-order valence-electron chi connectivity index (χ1n) is 7.37. The van der Waals surface area contributed by atoms with Crippen LogP contribution in [0.15, 0.2) is 18.2 Å². The summed E-state index contributed by atoms with van der Waals surface area (Å²) < 4.78 is 19.0. The van der Waals surface area contributed by atoms with Crippen LogP contribution in [0.4, 0.5) is 4.39 Å². The minimum atomic E-state index is -0.659. The van der Waals surface area contributed by atoms with E-state index in [9.17, 15) is 9.18 Å². The van der Waals surface area contributed by atoms with Crippen molar-refractivity contribution in [3.05, 3.63) is 29.6 Å². The average Bonchev–Trinajstić information content (AvgIpc) is 2.38. The number of ether oxygens (including phenoxy) is 1. The molecular weight excluding hydrogens is 271 g/mol. The number of carbonyl (C=O) groups is 1. The number of hydrogen-bond donors (Lipinski definition) is 2. The predicted molar refractivity (Wildman–Crippen MR) is 81.8 cm³/mol. The zero-order valence-corrected chi connectivity index (χ0v) is 13.2. The highest BCUT2D eigenvalue weighted by molar-refractivity contribution is 5.80. The number of rotatable bonds is 8. The molecule has 0 heterocycles. The summed E-state index contributed by atoms with van der Waals surface area (Å²) >= 11 is 0. The maximum atomic E-state index is 13.5. The summed E-state index contributed by atoms with van der Waals surface area (Å²) in [4.78, 5) is 12.0. The molecule has 0 aromatic heterocycles. The van der Waals surface area contributed by atoms with Crippen LogP contribution in [0.5, 0.6) is 5.75 Å². The maximum absolute atomic E-state index is 13.5. The number of benzene rings is 1. The summed E-state index contributed by atoms with van der Waals surface area (Å²) in [5.74, 6) is -0.189. The normalized spacial score (nSPS) is 13.6. The molecule has 2 N–H and O–H groups in total. The second-order valence-corrected chi connectivity index (χ2v) is 5.28. The van der Waals surface area contributed by atoms with E-state index in [-0.39, 0.29) is 17.8 Å². The van der Waals surface area contributed by atoms with E-state index in [1.807, 2.05) is 6.92 Å². The van der Waals surface area contributed by atoms with Crippen molar-refractivity contribution in [2.24, 2.45) is 0 Å².